The number of imide groups is 1. The van der Waals surface area contributed by atoms with E-state index in [0.717, 1.165) is 5.56 Å². The third-order valence-corrected chi connectivity index (χ3v) is 9.09. The summed E-state index contributed by atoms with van der Waals surface area (Å²) in [6, 6.07) is 9.16. The lowest BCUT2D eigenvalue weighted by molar-refractivity contribution is -0.161. The highest BCUT2D eigenvalue weighted by Gasteiger charge is 2.54. The molecule has 12 heteroatoms. The van der Waals surface area contributed by atoms with Gasteiger partial charge in [-0.1, -0.05) is 39.3 Å². The van der Waals surface area contributed by atoms with Crippen LogP contribution >= 0.6 is 0 Å². The molecule has 3 heterocycles. The number of benzene rings is 2. The predicted octanol–water partition coefficient (Wildman–Crippen LogP) is 4.47. The van der Waals surface area contributed by atoms with Gasteiger partial charge in [0.2, 0.25) is 12.7 Å². The lowest BCUT2D eigenvalue weighted by Crippen LogP contribution is -2.65. The largest absolute Gasteiger partial charge is 0.466 e. The number of hydroxylamine groups is 2. The number of rotatable bonds is 12. The van der Waals surface area contributed by atoms with Crippen LogP contribution in [0.5, 0.6) is 17.2 Å². The molecule has 2 aromatic carbocycles. The Bertz CT molecular complexity index is 1450. The minimum Gasteiger partial charge on any atom is -0.466 e. The zero-order valence-electron chi connectivity index (χ0n) is 27.1. The van der Waals surface area contributed by atoms with Crippen molar-refractivity contribution in [2.45, 2.75) is 65.8 Å². The van der Waals surface area contributed by atoms with Crippen LogP contribution in [0.25, 0.3) is 0 Å². The number of piperazine rings is 1. The van der Waals surface area contributed by atoms with Gasteiger partial charge in [0.25, 0.3) is 5.91 Å². The average molecular weight is 637 g/mol. The molecule has 0 radical (unpaired) electrons. The number of likely N-dealkylation sites (tertiary alicyclic amines) is 1. The second-order valence-electron chi connectivity index (χ2n) is 11.9. The van der Waals surface area contributed by atoms with E-state index in [0.29, 0.717) is 68.9 Å². The van der Waals surface area contributed by atoms with Crippen LogP contribution in [0.1, 0.15) is 80.9 Å². The van der Waals surface area contributed by atoms with E-state index < -0.39 is 23.5 Å². The van der Waals surface area contributed by atoms with Gasteiger partial charge in [0.15, 0.2) is 17.2 Å². The van der Waals surface area contributed by atoms with Gasteiger partial charge >= 0.3 is 12.0 Å². The molecule has 248 valence electrons. The summed E-state index contributed by atoms with van der Waals surface area (Å²) in [6.45, 7) is 10.6. The maximum absolute atomic E-state index is 14.3. The summed E-state index contributed by atoms with van der Waals surface area (Å²) >= 11 is 0. The van der Waals surface area contributed by atoms with Gasteiger partial charge in [-0.05, 0) is 61.6 Å². The molecule has 1 unspecified atom stereocenters. The van der Waals surface area contributed by atoms with Crippen LogP contribution in [0.15, 0.2) is 36.4 Å². The van der Waals surface area contributed by atoms with Crippen molar-refractivity contribution >= 4 is 23.8 Å². The number of nitrogens with one attached hydrogen (secondary N) is 1. The van der Waals surface area contributed by atoms with Gasteiger partial charge < -0.3 is 29.3 Å². The maximum atomic E-state index is 14.3. The van der Waals surface area contributed by atoms with Crippen LogP contribution in [0.2, 0.25) is 0 Å². The van der Waals surface area contributed by atoms with Crippen molar-refractivity contribution in [2.75, 3.05) is 46.1 Å². The Morgan fingerprint density at radius 3 is 2.41 bits per heavy atom. The molecule has 1 N–H and O–H groups in total. The second-order valence-corrected chi connectivity index (χ2v) is 11.9. The molecule has 12 nitrogen and oxygen atoms in total. The van der Waals surface area contributed by atoms with Crippen LogP contribution in [0, 0.1) is 5.41 Å². The Balaban J connectivity index is 1.55. The zero-order valence-corrected chi connectivity index (χ0v) is 27.1. The molecule has 3 aliphatic rings. The first-order chi connectivity index (χ1) is 22.2. The molecule has 0 aliphatic carbocycles. The van der Waals surface area contributed by atoms with Gasteiger partial charge in [-0.25, -0.2) is 4.79 Å². The number of hydrogen-bond acceptors (Lipinski definition) is 9. The van der Waals surface area contributed by atoms with E-state index in [1.807, 2.05) is 32.9 Å². The standard InChI is InChI=1S/C34H44N4O8/c1-5-9-26(24-11-13-28-29(20-24)45-22-44-28)38(33(42)37-21-34(6-2,7-3)32(37)41)46-27-12-10-23(19-30(39)43-8-4)18-25(27)31(40)36-16-14-35-15-17-36/h10-13,18,20,26,35H,5-9,14-17,19,21-22H2,1-4H3. The molecule has 0 bridgehead atoms. The third kappa shape index (κ3) is 6.62. The Labute approximate surface area is 269 Å². The number of β-lactam (4-membered cyclic amide) rings is 1. The molecule has 4 amide bonds. The number of fused-ring (bicyclic) bond motifs is 1. The first-order valence-electron chi connectivity index (χ1n) is 16.3. The fraction of sp³-hybridized carbons (Fsp3) is 0.529. The monoisotopic (exact) mass is 636 g/mol. The first-order valence-corrected chi connectivity index (χ1v) is 16.3. The summed E-state index contributed by atoms with van der Waals surface area (Å²) in [7, 11) is 0. The van der Waals surface area contributed by atoms with E-state index in [1.165, 1.54) is 9.96 Å². The van der Waals surface area contributed by atoms with Gasteiger partial charge in [0.05, 0.1) is 30.0 Å². The van der Waals surface area contributed by atoms with Crippen LogP contribution in [-0.2, 0) is 20.7 Å². The van der Waals surface area contributed by atoms with Gasteiger partial charge in [-0.15, -0.1) is 5.06 Å². The third-order valence-electron chi connectivity index (χ3n) is 9.09. The molecule has 1 atom stereocenters. The molecular weight excluding hydrogens is 592 g/mol. The molecule has 2 saturated heterocycles. The van der Waals surface area contributed by atoms with E-state index in [9.17, 15) is 19.2 Å². The fourth-order valence-electron chi connectivity index (χ4n) is 6.19. The van der Waals surface area contributed by atoms with Crippen molar-refractivity contribution in [1.82, 2.24) is 20.2 Å². The minimum atomic E-state index is -0.626. The quantitative estimate of drug-likeness (QED) is 0.204. The first kappa shape index (κ1) is 33.1. The number of esters is 1. The van der Waals surface area contributed by atoms with Gasteiger partial charge in [0, 0.05) is 32.7 Å². The van der Waals surface area contributed by atoms with Gasteiger partial charge in [-0.2, -0.15) is 0 Å². The Kier molecular flexibility index (Phi) is 10.4. The molecule has 3 aliphatic heterocycles. The predicted molar refractivity (Wildman–Crippen MR) is 168 cm³/mol. The summed E-state index contributed by atoms with van der Waals surface area (Å²) in [5.41, 5.74) is 0.947. The summed E-state index contributed by atoms with van der Waals surface area (Å²) in [6.07, 6.45) is 2.42. The molecule has 0 spiro atoms. The van der Waals surface area contributed by atoms with Crippen LogP contribution in [-0.4, -0.2) is 84.8 Å². The maximum Gasteiger partial charge on any atom is 0.360 e. The van der Waals surface area contributed by atoms with Crippen molar-refractivity contribution in [1.29, 1.82) is 0 Å². The van der Waals surface area contributed by atoms with Crippen LogP contribution in [0.3, 0.4) is 0 Å². The summed E-state index contributed by atoms with van der Waals surface area (Å²) in [5, 5.41) is 4.47. The molecule has 46 heavy (non-hydrogen) atoms. The number of amides is 4. The van der Waals surface area contributed by atoms with Crippen LogP contribution in [0.4, 0.5) is 4.79 Å². The lowest BCUT2D eigenvalue weighted by atomic mass is 9.74. The molecule has 2 aromatic rings. The van der Waals surface area contributed by atoms with E-state index in [1.54, 1.807) is 36.1 Å². The van der Waals surface area contributed by atoms with Crippen molar-refractivity contribution in [3.8, 4) is 17.2 Å². The number of carbonyl (C=O) groups is 4. The lowest BCUT2D eigenvalue weighted by Gasteiger charge is -2.48. The smallest absolute Gasteiger partial charge is 0.360 e. The highest BCUT2D eigenvalue weighted by molar-refractivity contribution is 6.02. The number of hydrogen-bond donors (Lipinski definition) is 1. The van der Waals surface area contributed by atoms with E-state index in [-0.39, 0.29) is 49.5 Å². The zero-order chi connectivity index (χ0) is 32.8. The van der Waals surface area contributed by atoms with Crippen molar-refractivity contribution < 1.29 is 38.2 Å². The molecule has 5 rings (SSSR count). The normalized spacial score (nSPS) is 17.3. The van der Waals surface area contributed by atoms with E-state index >= 15 is 0 Å². The number of carbonyl (C=O) groups excluding carboxylic acids is 4. The molecular formula is C34H44N4O8. The highest BCUT2D eigenvalue weighted by atomic mass is 16.7. The second kappa shape index (κ2) is 14.4. The fourth-order valence-corrected chi connectivity index (χ4v) is 6.19. The van der Waals surface area contributed by atoms with E-state index in [4.69, 9.17) is 19.0 Å². The Morgan fingerprint density at radius 1 is 1.00 bits per heavy atom. The highest BCUT2D eigenvalue weighted by Crippen LogP contribution is 2.42. The summed E-state index contributed by atoms with van der Waals surface area (Å²) < 4.78 is 16.3. The molecule has 2 fully saturated rings. The molecule has 0 aromatic heterocycles. The van der Waals surface area contributed by atoms with Crippen LogP contribution < -0.4 is 19.6 Å². The van der Waals surface area contributed by atoms with Crippen molar-refractivity contribution in [3.05, 3.63) is 53.1 Å². The van der Waals surface area contributed by atoms with E-state index in [2.05, 4.69) is 5.32 Å². The SMILES string of the molecule is CCCC(c1ccc2c(c1)OCO2)N(Oc1ccc(CC(=O)OCC)cc1C(=O)N1CCNCC1)C(=O)N1CC(CC)(CC)C1=O. The van der Waals surface area contributed by atoms with Crippen molar-refractivity contribution in [3.63, 3.8) is 0 Å². The topological polar surface area (TPSA) is 127 Å². The minimum absolute atomic E-state index is 0.0212. The van der Waals surface area contributed by atoms with Crippen molar-refractivity contribution in [2.24, 2.45) is 5.41 Å². The van der Waals surface area contributed by atoms with Gasteiger partial charge in [-0.3, -0.25) is 19.3 Å². The summed E-state index contributed by atoms with van der Waals surface area (Å²) in [5.74, 6) is 0.384. The molecule has 0 saturated carbocycles. The van der Waals surface area contributed by atoms with Gasteiger partial charge in [0.1, 0.15) is 0 Å². The number of urea groups is 1. The Morgan fingerprint density at radius 2 is 1.74 bits per heavy atom. The number of nitrogens with zero attached hydrogens (tertiary/aromatic N) is 3. The number of ether oxygens (including phenoxy) is 3. The average Bonchev–Trinajstić information content (AvgIpc) is 3.55. The summed E-state index contributed by atoms with van der Waals surface area (Å²) in [4.78, 5) is 63.5. The Hall–Kier alpha value is -4.32.